The summed E-state index contributed by atoms with van der Waals surface area (Å²) in [5.41, 5.74) is 8.39. The van der Waals surface area contributed by atoms with Gasteiger partial charge >= 0.3 is 0 Å². The van der Waals surface area contributed by atoms with E-state index in [1.165, 1.54) is 54.1 Å². The molecule has 10 rings (SSSR count). The molecule has 0 spiro atoms. The fourth-order valence-corrected chi connectivity index (χ4v) is 7.26. The summed E-state index contributed by atoms with van der Waals surface area (Å²) in [6.45, 7) is 0. The van der Waals surface area contributed by atoms with Crippen molar-refractivity contribution in [3.8, 4) is 39.6 Å². The summed E-state index contributed by atoms with van der Waals surface area (Å²) >= 11 is 0. The third-order valence-corrected chi connectivity index (χ3v) is 9.74. The molecule has 0 aliphatic heterocycles. The molecule has 0 unspecified atom stereocenters. The lowest BCUT2D eigenvalue weighted by Crippen LogP contribution is -1.97. The van der Waals surface area contributed by atoms with Gasteiger partial charge in [-0.1, -0.05) is 115 Å². The van der Waals surface area contributed by atoms with Crippen molar-refractivity contribution in [1.82, 2.24) is 14.5 Å². The minimum absolute atomic E-state index is 0.702. The topological polar surface area (TPSA) is 30.7 Å². The third kappa shape index (κ3) is 4.67. The average molecular weight is 624 g/mol. The van der Waals surface area contributed by atoms with Gasteiger partial charge in [0.2, 0.25) is 0 Å². The van der Waals surface area contributed by atoms with E-state index in [9.17, 15) is 0 Å². The minimum atomic E-state index is 0.702. The van der Waals surface area contributed by atoms with Gasteiger partial charge < -0.3 is 4.57 Å². The van der Waals surface area contributed by atoms with Crippen LogP contribution >= 0.6 is 0 Å². The van der Waals surface area contributed by atoms with Crippen molar-refractivity contribution in [3.05, 3.63) is 176 Å². The standard InChI is InChI=1S/C46H29N3/c1-3-11-33-25-37(19-17-30(33)9-1)42-29-43(38-20-18-31-10-2-4-12-34(31)26-38)48-46(47-42)32-21-23-39(24-22-32)49-44-16-8-7-15-40(44)41-27-35-13-5-6-14-36(35)28-45(41)49/h1-29H. The van der Waals surface area contributed by atoms with Crippen molar-refractivity contribution >= 4 is 54.1 Å². The van der Waals surface area contributed by atoms with Gasteiger partial charge in [-0.2, -0.15) is 0 Å². The molecule has 49 heavy (non-hydrogen) atoms. The number of fused-ring (bicyclic) bond motifs is 6. The van der Waals surface area contributed by atoms with Gasteiger partial charge in [-0.15, -0.1) is 0 Å². The summed E-state index contributed by atoms with van der Waals surface area (Å²) < 4.78 is 2.37. The van der Waals surface area contributed by atoms with Crippen LogP contribution in [0, 0.1) is 0 Å². The Hall–Kier alpha value is -6.58. The Bertz CT molecular complexity index is 2780. The van der Waals surface area contributed by atoms with E-state index in [-0.39, 0.29) is 0 Å². The molecule has 0 amide bonds. The monoisotopic (exact) mass is 623 g/mol. The Kier molecular flexibility index (Phi) is 6.18. The first kappa shape index (κ1) is 27.5. The molecule has 0 aliphatic rings. The first-order valence-corrected chi connectivity index (χ1v) is 16.7. The van der Waals surface area contributed by atoms with E-state index < -0.39 is 0 Å². The van der Waals surface area contributed by atoms with Crippen LogP contribution in [0.5, 0.6) is 0 Å². The highest BCUT2D eigenvalue weighted by atomic mass is 15.0. The number of benzene rings is 8. The molecule has 0 atom stereocenters. The van der Waals surface area contributed by atoms with Gasteiger partial charge in [0.1, 0.15) is 0 Å². The van der Waals surface area contributed by atoms with Crippen molar-refractivity contribution in [2.24, 2.45) is 0 Å². The summed E-state index contributed by atoms with van der Waals surface area (Å²) in [4.78, 5) is 10.4. The van der Waals surface area contributed by atoms with Crippen LogP contribution in [0.25, 0.3) is 93.7 Å². The number of hydrogen-bond acceptors (Lipinski definition) is 2. The molecule has 0 radical (unpaired) electrons. The second-order valence-corrected chi connectivity index (χ2v) is 12.7. The zero-order chi connectivity index (χ0) is 32.3. The molecular weight excluding hydrogens is 595 g/mol. The molecule has 0 aliphatic carbocycles. The molecule has 8 aromatic carbocycles. The van der Waals surface area contributed by atoms with Gasteiger partial charge in [0, 0.05) is 33.2 Å². The second-order valence-electron chi connectivity index (χ2n) is 12.7. The Morgan fingerprint density at radius 3 is 1.43 bits per heavy atom. The molecule has 0 N–H and O–H groups in total. The number of nitrogens with zero attached hydrogens (tertiary/aromatic N) is 3. The van der Waals surface area contributed by atoms with E-state index in [1.807, 2.05) is 0 Å². The van der Waals surface area contributed by atoms with Gasteiger partial charge in [-0.25, -0.2) is 9.97 Å². The zero-order valence-corrected chi connectivity index (χ0v) is 26.6. The van der Waals surface area contributed by atoms with Crippen LogP contribution in [0.4, 0.5) is 0 Å². The molecule has 0 saturated heterocycles. The van der Waals surface area contributed by atoms with Gasteiger partial charge in [-0.05, 0) is 93.0 Å². The van der Waals surface area contributed by atoms with Gasteiger partial charge in [0.25, 0.3) is 0 Å². The van der Waals surface area contributed by atoms with Crippen LogP contribution in [0.1, 0.15) is 0 Å². The largest absolute Gasteiger partial charge is 0.309 e. The summed E-state index contributed by atoms with van der Waals surface area (Å²) in [7, 11) is 0. The fourth-order valence-electron chi connectivity index (χ4n) is 7.26. The highest BCUT2D eigenvalue weighted by Crippen LogP contribution is 2.36. The lowest BCUT2D eigenvalue weighted by molar-refractivity contribution is 1.16. The maximum atomic E-state index is 5.18. The zero-order valence-electron chi connectivity index (χ0n) is 26.6. The normalized spacial score (nSPS) is 11.7. The summed E-state index contributed by atoms with van der Waals surface area (Å²) in [5, 5.41) is 9.79. The van der Waals surface area contributed by atoms with Crippen LogP contribution in [0.3, 0.4) is 0 Å². The number of aromatic nitrogens is 3. The van der Waals surface area contributed by atoms with Crippen molar-refractivity contribution < 1.29 is 0 Å². The van der Waals surface area contributed by atoms with Crippen molar-refractivity contribution in [1.29, 1.82) is 0 Å². The van der Waals surface area contributed by atoms with Gasteiger partial charge in [0.05, 0.1) is 22.4 Å². The highest BCUT2D eigenvalue weighted by molar-refractivity contribution is 6.13. The Morgan fingerprint density at radius 1 is 0.327 bits per heavy atom. The molecule has 0 saturated carbocycles. The van der Waals surface area contributed by atoms with E-state index in [0.29, 0.717) is 5.82 Å². The first-order chi connectivity index (χ1) is 24.2. The van der Waals surface area contributed by atoms with Crippen LogP contribution in [0.15, 0.2) is 176 Å². The fraction of sp³-hybridized carbons (Fsp3) is 0. The molecule has 0 bridgehead atoms. The second kappa shape index (κ2) is 11.0. The predicted molar refractivity (Wildman–Crippen MR) is 205 cm³/mol. The molecule has 3 heteroatoms. The average Bonchev–Trinajstić information content (AvgIpc) is 3.49. The predicted octanol–water partition coefficient (Wildman–Crippen LogP) is 12.0. The Labute approximate surface area is 283 Å². The first-order valence-electron chi connectivity index (χ1n) is 16.7. The summed E-state index contributed by atoms with van der Waals surface area (Å²) in [5.74, 6) is 0.702. The van der Waals surface area contributed by atoms with Crippen molar-refractivity contribution in [3.63, 3.8) is 0 Å². The maximum Gasteiger partial charge on any atom is 0.160 e. The summed E-state index contributed by atoms with van der Waals surface area (Å²) in [6, 6.07) is 62.7. The van der Waals surface area contributed by atoms with Crippen LogP contribution in [0.2, 0.25) is 0 Å². The lowest BCUT2D eigenvalue weighted by atomic mass is 10.0. The van der Waals surface area contributed by atoms with E-state index in [1.54, 1.807) is 0 Å². The molecule has 0 fully saturated rings. The third-order valence-electron chi connectivity index (χ3n) is 9.74. The molecular formula is C46H29N3. The maximum absolute atomic E-state index is 5.18. The molecule has 2 aromatic heterocycles. The van der Waals surface area contributed by atoms with Crippen molar-refractivity contribution in [2.45, 2.75) is 0 Å². The van der Waals surface area contributed by atoms with Gasteiger partial charge in [0.15, 0.2) is 5.82 Å². The number of para-hydroxylation sites is 1. The quantitative estimate of drug-likeness (QED) is 0.195. The number of hydrogen-bond donors (Lipinski definition) is 0. The smallest absolute Gasteiger partial charge is 0.160 e. The Morgan fingerprint density at radius 2 is 0.816 bits per heavy atom. The van der Waals surface area contributed by atoms with Crippen LogP contribution in [-0.2, 0) is 0 Å². The van der Waals surface area contributed by atoms with Gasteiger partial charge in [-0.3, -0.25) is 0 Å². The summed E-state index contributed by atoms with van der Waals surface area (Å²) in [6.07, 6.45) is 0. The van der Waals surface area contributed by atoms with E-state index >= 15 is 0 Å². The van der Waals surface area contributed by atoms with E-state index in [2.05, 4.69) is 180 Å². The minimum Gasteiger partial charge on any atom is -0.309 e. The Balaban J connectivity index is 1.13. The lowest BCUT2D eigenvalue weighted by Gasteiger charge is -2.12. The highest BCUT2D eigenvalue weighted by Gasteiger charge is 2.15. The molecule has 3 nitrogen and oxygen atoms in total. The molecule has 2 heterocycles. The molecule has 228 valence electrons. The van der Waals surface area contributed by atoms with Crippen LogP contribution in [-0.4, -0.2) is 14.5 Å². The van der Waals surface area contributed by atoms with E-state index in [0.717, 1.165) is 33.8 Å². The van der Waals surface area contributed by atoms with E-state index in [4.69, 9.17) is 9.97 Å². The SMILES string of the molecule is c1ccc2cc(-c3cc(-c4ccc5ccccc5c4)nc(-c4ccc(-n5c6ccccc6c6cc7ccccc7cc65)cc4)n3)ccc2c1. The van der Waals surface area contributed by atoms with Crippen molar-refractivity contribution in [2.75, 3.05) is 0 Å². The van der Waals surface area contributed by atoms with Crippen LogP contribution < -0.4 is 0 Å². The number of rotatable bonds is 4. The molecule has 10 aromatic rings.